The van der Waals surface area contributed by atoms with Gasteiger partial charge in [-0.05, 0) is 36.3 Å². The number of carbonyl (C=O) groups is 1. The molecule has 0 bridgehead atoms. The second-order valence-electron chi connectivity index (χ2n) is 4.50. The minimum Gasteiger partial charge on any atom is -0.478 e. The van der Waals surface area contributed by atoms with Gasteiger partial charge in [-0.15, -0.1) is 0 Å². The van der Waals surface area contributed by atoms with Crippen molar-refractivity contribution in [3.05, 3.63) is 35.4 Å². The van der Waals surface area contributed by atoms with Crippen LogP contribution in [0.4, 0.5) is 5.69 Å². The summed E-state index contributed by atoms with van der Waals surface area (Å²) in [6.07, 6.45) is 3.18. The van der Waals surface area contributed by atoms with Crippen LogP contribution in [0, 0.1) is 6.92 Å². The van der Waals surface area contributed by atoms with Crippen molar-refractivity contribution in [3.63, 3.8) is 0 Å². The SMILES string of the molecule is Cc1cc(NS(=O)(=O)CS(C)(=O)=O)ccc1/C=C/C(=O)O. The molecule has 0 aliphatic rings. The number of hydrogen-bond acceptors (Lipinski definition) is 5. The molecule has 1 rings (SSSR count). The first-order chi connectivity index (χ1) is 9.48. The zero-order chi connectivity index (χ0) is 16.3. The largest absolute Gasteiger partial charge is 0.478 e. The summed E-state index contributed by atoms with van der Waals surface area (Å²) in [7, 11) is -7.66. The molecule has 1 aromatic rings. The molecule has 0 fully saturated rings. The third-order valence-corrected chi connectivity index (χ3v) is 5.82. The van der Waals surface area contributed by atoms with Crippen molar-refractivity contribution in [2.24, 2.45) is 0 Å². The number of anilines is 1. The predicted molar refractivity (Wildman–Crippen MR) is 80.1 cm³/mol. The van der Waals surface area contributed by atoms with Crippen molar-refractivity contribution in [1.29, 1.82) is 0 Å². The van der Waals surface area contributed by atoms with E-state index in [4.69, 9.17) is 5.11 Å². The second kappa shape index (κ2) is 6.27. The number of aryl methyl sites for hydroxylation is 1. The monoisotopic (exact) mass is 333 g/mol. The van der Waals surface area contributed by atoms with Gasteiger partial charge in [-0.2, -0.15) is 0 Å². The maximum absolute atomic E-state index is 11.6. The van der Waals surface area contributed by atoms with Crippen molar-refractivity contribution in [2.45, 2.75) is 6.92 Å². The molecule has 0 amide bonds. The lowest BCUT2D eigenvalue weighted by Crippen LogP contribution is -2.22. The highest BCUT2D eigenvalue weighted by Crippen LogP contribution is 2.18. The molecule has 0 aromatic heterocycles. The van der Waals surface area contributed by atoms with Gasteiger partial charge in [0, 0.05) is 18.0 Å². The normalized spacial score (nSPS) is 12.5. The van der Waals surface area contributed by atoms with E-state index in [-0.39, 0.29) is 5.69 Å². The van der Waals surface area contributed by atoms with Crippen LogP contribution in [-0.2, 0) is 24.7 Å². The van der Waals surface area contributed by atoms with E-state index in [1.165, 1.54) is 24.3 Å². The van der Waals surface area contributed by atoms with Gasteiger partial charge in [-0.3, -0.25) is 4.72 Å². The molecule has 2 N–H and O–H groups in total. The number of aliphatic carboxylic acids is 1. The van der Waals surface area contributed by atoms with Gasteiger partial charge in [0.15, 0.2) is 14.9 Å². The van der Waals surface area contributed by atoms with Crippen LogP contribution < -0.4 is 4.72 Å². The average Bonchev–Trinajstić information content (AvgIpc) is 2.23. The van der Waals surface area contributed by atoms with Crippen LogP contribution in [-0.4, -0.2) is 39.3 Å². The topological polar surface area (TPSA) is 118 Å². The summed E-state index contributed by atoms with van der Waals surface area (Å²) in [4.78, 5) is 10.4. The number of rotatable bonds is 6. The fourth-order valence-corrected chi connectivity index (χ4v) is 4.55. The molecule has 0 spiro atoms. The van der Waals surface area contributed by atoms with Crippen LogP contribution in [0.15, 0.2) is 24.3 Å². The summed E-state index contributed by atoms with van der Waals surface area (Å²) in [5.41, 5.74) is 1.47. The van der Waals surface area contributed by atoms with Gasteiger partial charge < -0.3 is 5.11 Å². The highest BCUT2D eigenvalue weighted by atomic mass is 32.3. The molecule has 9 heteroatoms. The number of sulfonamides is 1. The number of sulfone groups is 1. The highest BCUT2D eigenvalue weighted by molar-refractivity contribution is 8.08. The predicted octanol–water partition coefficient (Wildman–Crippen LogP) is 0.837. The quantitative estimate of drug-likeness (QED) is 0.745. The molecule has 0 unspecified atom stereocenters. The summed E-state index contributed by atoms with van der Waals surface area (Å²) in [5, 5.41) is 7.55. The second-order valence-corrected chi connectivity index (χ2v) is 8.73. The molecule has 21 heavy (non-hydrogen) atoms. The number of carboxylic acids is 1. The van der Waals surface area contributed by atoms with E-state index in [2.05, 4.69) is 4.72 Å². The van der Waals surface area contributed by atoms with Crippen LogP contribution in [0.1, 0.15) is 11.1 Å². The molecule has 0 heterocycles. The van der Waals surface area contributed by atoms with E-state index in [0.29, 0.717) is 11.1 Å². The fraction of sp³-hybridized carbons (Fsp3) is 0.250. The van der Waals surface area contributed by atoms with Crippen molar-refractivity contribution in [2.75, 3.05) is 16.1 Å². The van der Waals surface area contributed by atoms with Crippen molar-refractivity contribution in [3.8, 4) is 0 Å². The molecule has 1 aromatic carbocycles. The Hall–Kier alpha value is -1.87. The van der Waals surface area contributed by atoms with Gasteiger partial charge in [0.05, 0.1) is 0 Å². The summed E-state index contributed by atoms with van der Waals surface area (Å²) in [6.45, 7) is 1.68. The Morgan fingerprint density at radius 3 is 2.38 bits per heavy atom. The fourth-order valence-electron chi connectivity index (χ4n) is 1.58. The van der Waals surface area contributed by atoms with Gasteiger partial charge in [0.2, 0.25) is 10.0 Å². The molecule has 0 aliphatic carbocycles. The average molecular weight is 333 g/mol. The van der Waals surface area contributed by atoms with Crippen LogP contribution in [0.25, 0.3) is 6.08 Å². The zero-order valence-corrected chi connectivity index (χ0v) is 13.0. The maximum Gasteiger partial charge on any atom is 0.328 e. The molecule has 7 nitrogen and oxygen atoms in total. The van der Waals surface area contributed by atoms with Gasteiger partial charge in [0.1, 0.15) is 0 Å². The Morgan fingerprint density at radius 2 is 1.90 bits per heavy atom. The maximum atomic E-state index is 11.6. The standard InChI is InChI=1S/C12H15NO6S2/c1-9-7-11(5-3-10(9)4-6-12(14)15)13-21(18,19)8-20(2,16)17/h3-7,13H,8H2,1-2H3,(H,14,15)/b6-4+. The van der Waals surface area contributed by atoms with E-state index in [9.17, 15) is 21.6 Å². The lowest BCUT2D eigenvalue weighted by Gasteiger charge is -2.09. The summed E-state index contributed by atoms with van der Waals surface area (Å²) >= 11 is 0. The minimum absolute atomic E-state index is 0.212. The number of carboxylic acid groups (broad SMARTS) is 1. The van der Waals surface area contributed by atoms with E-state index in [1.807, 2.05) is 0 Å². The third-order valence-electron chi connectivity index (χ3n) is 2.32. The zero-order valence-electron chi connectivity index (χ0n) is 11.4. The van der Waals surface area contributed by atoms with E-state index in [1.54, 1.807) is 6.92 Å². The summed E-state index contributed by atoms with van der Waals surface area (Å²) in [6, 6.07) is 4.45. The molecular formula is C12H15NO6S2. The number of nitrogens with one attached hydrogen (secondary N) is 1. The molecule has 0 saturated heterocycles. The summed E-state index contributed by atoms with van der Waals surface area (Å²) in [5.74, 6) is -1.09. The Morgan fingerprint density at radius 1 is 1.29 bits per heavy atom. The smallest absolute Gasteiger partial charge is 0.328 e. The molecular weight excluding hydrogens is 318 g/mol. The molecule has 0 aliphatic heterocycles. The van der Waals surface area contributed by atoms with Crippen LogP contribution >= 0.6 is 0 Å². The molecule has 0 radical (unpaired) electrons. The van der Waals surface area contributed by atoms with Crippen molar-refractivity contribution < 1.29 is 26.7 Å². The Labute approximate surface area is 123 Å². The Bertz CT molecular complexity index is 778. The first-order valence-electron chi connectivity index (χ1n) is 5.68. The van der Waals surface area contributed by atoms with Crippen LogP contribution in [0.3, 0.4) is 0 Å². The van der Waals surface area contributed by atoms with E-state index < -0.39 is 30.9 Å². The van der Waals surface area contributed by atoms with Crippen LogP contribution in [0.5, 0.6) is 0 Å². The van der Waals surface area contributed by atoms with Gasteiger partial charge >= 0.3 is 5.97 Å². The van der Waals surface area contributed by atoms with Crippen molar-refractivity contribution >= 4 is 37.6 Å². The Kier molecular flexibility index (Phi) is 5.13. The van der Waals surface area contributed by atoms with E-state index in [0.717, 1.165) is 12.3 Å². The molecule has 116 valence electrons. The first kappa shape index (κ1) is 17.2. The first-order valence-corrected chi connectivity index (χ1v) is 9.40. The lowest BCUT2D eigenvalue weighted by molar-refractivity contribution is -0.131. The highest BCUT2D eigenvalue weighted by Gasteiger charge is 2.18. The Balaban J connectivity index is 2.97. The third kappa shape index (κ3) is 6.41. The molecule has 0 atom stereocenters. The van der Waals surface area contributed by atoms with E-state index >= 15 is 0 Å². The number of benzene rings is 1. The van der Waals surface area contributed by atoms with Gasteiger partial charge in [-0.1, -0.05) is 6.07 Å². The summed E-state index contributed by atoms with van der Waals surface area (Å²) < 4.78 is 47.5. The van der Waals surface area contributed by atoms with Crippen molar-refractivity contribution in [1.82, 2.24) is 0 Å². The number of hydrogen-bond donors (Lipinski definition) is 2. The lowest BCUT2D eigenvalue weighted by atomic mass is 10.1. The van der Waals surface area contributed by atoms with Gasteiger partial charge in [-0.25, -0.2) is 21.6 Å². The van der Waals surface area contributed by atoms with Gasteiger partial charge in [0.25, 0.3) is 0 Å². The molecule has 0 saturated carbocycles. The minimum atomic E-state index is -4.00. The van der Waals surface area contributed by atoms with Crippen LogP contribution in [0.2, 0.25) is 0 Å².